The standard InChI is InChI=1S/C23H45NO4/c1-5-6-7-8-9-10-11-12-13-14-15-16-21(25)17-18-28-22(19-23(26)27)20-24(2,3)4/h17-18,21-22,25H,5-16,19-20H2,1-4H3. The number of aliphatic hydroxyl groups excluding tert-OH is 1. The van der Waals surface area contributed by atoms with E-state index in [9.17, 15) is 15.0 Å². The van der Waals surface area contributed by atoms with Crippen molar-refractivity contribution in [1.29, 1.82) is 0 Å². The number of hydrogen-bond acceptors (Lipinski definition) is 4. The lowest BCUT2D eigenvalue weighted by molar-refractivity contribution is -0.873. The second-order valence-corrected chi connectivity index (χ2v) is 9.03. The number of quaternary nitrogens is 1. The summed E-state index contributed by atoms with van der Waals surface area (Å²) in [5.74, 6) is -1.12. The van der Waals surface area contributed by atoms with Gasteiger partial charge in [0.15, 0.2) is 6.10 Å². The summed E-state index contributed by atoms with van der Waals surface area (Å²) in [6, 6.07) is 0. The highest BCUT2D eigenvalue weighted by Gasteiger charge is 2.18. The van der Waals surface area contributed by atoms with E-state index in [4.69, 9.17) is 4.74 Å². The second kappa shape index (κ2) is 16.8. The predicted octanol–water partition coefficient (Wildman–Crippen LogP) is 3.79. The largest absolute Gasteiger partial charge is 0.550 e. The number of ether oxygens (including phenoxy) is 1. The normalized spacial score (nSPS) is 14.3. The maximum atomic E-state index is 10.8. The molecule has 0 radical (unpaired) electrons. The minimum Gasteiger partial charge on any atom is -0.550 e. The van der Waals surface area contributed by atoms with Crippen LogP contribution in [0.3, 0.4) is 0 Å². The van der Waals surface area contributed by atoms with E-state index in [-0.39, 0.29) is 6.42 Å². The molecule has 0 rings (SSSR count). The van der Waals surface area contributed by atoms with Gasteiger partial charge in [0.1, 0.15) is 6.54 Å². The van der Waals surface area contributed by atoms with Crippen molar-refractivity contribution in [3.8, 4) is 0 Å². The van der Waals surface area contributed by atoms with Crippen LogP contribution in [0.2, 0.25) is 0 Å². The zero-order valence-electron chi connectivity index (χ0n) is 18.8. The molecule has 2 atom stereocenters. The smallest absolute Gasteiger partial charge is 0.152 e. The molecule has 0 aliphatic heterocycles. The number of carboxylic acids is 1. The number of likely N-dealkylation sites (N-methyl/N-ethyl adjacent to an activating group) is 1. The number of carboxylic acid groups (broad SMARTS) is 1. The summed E-state index contributed by atoms with van der Waals surface area (Å²) in [6.07, 6.45) is 16.8. The van der Waals surface area contributed by atoms with Crippen molar-refractivity contribution in [2.45, 2.75) is 103 Å². The molecule has 1 N–H and O–H groups in total. The Morgan fingerprint density at radius 2 is 1.46 bits per heavy atom. The van der Waals surface area contributed by atoms with Gasteiger partial charge >= 0.3 is 0 Å². The zero-order chi connectivity index (χ0) is 21.3. The molecule has 0 saturated carbocycles. The van der Waals surface area contributed by atoms with Gasteiger partial charge in [-0.1, -0.05) is 77.6 Å². The Kier molecular flexibility index (Phi) is 16.2. The molecule has 0 aromatic heterocycles. The van der Waals surface area contributed by atoms with Crippen molar-refractivity contribution in [1.82, 2.24) is 0 Å². The molecule has 0 aromatic rings. The number of hydrogen-bond donors (Lipinski definition) is 1. The van der Waals surface area contributed by atoms with Crippen LogP contribution in [0.15, 0.2) is 12.3 Å². The molecular weight excluding hydrogens is 354 g/mol. The van der Waals surface area contributed by atoms with Gasteiger partial charge in [0.2, 0.25) is 0 Å². The summed E-state index contributed by atoms with van der Waals surface area (Å²) in [4.78, 5) is 10.8. The lowest BCUT2D eigenvalue weighted by Gasteiger charge is -2.29. The van der Waals surface area contributed by atoms with E-state index >= 15 is 0 Å². The van der Waals surface area contributed by atoms with Crippen molar-refractivity contribution in [3.63, 3.8) is 0 Å². The Morgan fingerprint density at radius 1 is 0.964 bits per heavy atom. The van der Waals surface area contributed by atoms with Gasteiger partial charge in [-0.25, -0.2) is 0 Å². The number of nitrogens with zero attached hydrogens (tertiary/aromatic N) is 1. The third kappa shape index (κ3) is 19.7. The minimum absolute atomic E-state index is 0.144. The molecule has 28 heavy (non-hydrogen) atoms. The van der Waals surface area contributed by atoms with Crippen LogP contribution in [0.25, 0.3) is 0 Å². The number of rotatable bonds is 19. The molecule has 0 heterocycles. The summed E-state index contributed by atoms with van der Waals surface area (Å²) in [5.41, 5.74) is 0. The fourth-order valence-electron chi connectivity index (χ4n) is 3.31. The van der Waals surface area contributed by atoms with Crippen molar-refractivity contribution < 1.29 is 24.2 Å². The first-order valence-electron chi connectivity index (χ1n) is 11.2. The van der Waals surface area contributed by atoms with E-state index < -0.39 is 18.2 Å². The van der Waals surface area contributed by atoms with Gasteiger partial charge in [-0.3, -0.25) is 0 Å². The highest BCUT2D eigenvalue weighted by Crippen LogP contribution is 2.13. The van der Waals surface area contributed by atoms with Crippen LogP contribution in [0, 0.1) is 0 Å². The van der Waals surface area contributed by atoms with Gasteiger partial charge in [-0.05, 0) is 12.5 Å². The van der Waals surface area contributed by atoms with Crippen LogP contribution in [-0.4, -0.2) is 55.5 Å². The summed E-state index contributed by atoms with van der Waals surface area (Å²) in [6.45, 7) is 2.81. The highest BCUT2D eigenvalue weighted by molar-refractivity contribution is 5.64. The number of aliphatic carboxylic acids is 1. The Labute approximate surface area is 173 Å². The molecule has 0 bridgehead atoms. The zero-order valence-corrected chi connectivity index (χ0v) is 18.8. The lowest BCUT2D eigenvalue weighted by atomic mass is 10.0. The van der Waals surface area contributed by atoms with E-state index in [2.05, 4.69) is 6.92 Å². The summed E-state index contributed by atoms with van der Waals surface area (Å²) < 4.78 is 6.13. The maximum absolute atomic E-state index is 10.8. The summed E-state index contributed by atoms with van der Waals surface area (Å²) in [7, 11) is 5.95. The van der Waals surface area contributed by atoms with Gasteiger partial charge in [-0.15, -0.1) is 0 Å². The monoisotopic (exact) mass is 399 g/mol. The van der Waals surface area contributed by atoms with Crippen molar-refractivity contribution in [3.05, 3.63) is 12.3 Å². The Bertz CT molecular complexity index is 404. The average Bonchev–Trinajstić information content (AvgIpc) is 2.57. The van der Waals surface area contributed by atoms with Crippen LogP contribution in [0.1, 0.15) is 90.4 Å². The van der Waals surface area contributed by atoms with Crippen LogP contribution >= 0.6 is 0 Å². The van der Waals surface area contributed by atoms with Crippen molar-refractivity contribution in [2.75, 3.05) is 27.7 Å². The van der Waals surface area contributed by atoms with Gasteiger partial charge in [0.05, 0.1) is 33.5 Å². The molecule has 0 aliphatic carbocycles. The molecule has 0 spiro atoms. The number of unbranched alkanes of at least 4 members (excludes halogenated alkanes) is 10. The first kappa shape index (κ1) is 26.9. The van der Waals surface area contributed by atoms with Crippen LogP contribution < -0.4 is 5.11 Å². The minimum atomic E-state index is -1.12. The van der Waals surface area contributed by atoms with Crippen LogP contribution in [-0.2, 0) is 9.53 Å². The SMILES string of the molecule is CCCCCCCCCCCCCC(O)C=COC(CC(=O)[O-])C[N+](C)(C)C. The van der Waals surface area contributed by atoms with Crippen LogP contribution in [0.5, 0.6) is 0 Å². The molecule has 0 fully saturated rings. The Hall–Kier alpha value is -1.07. The predicted molar refractivity (Wildman–Crippen MR) is 114 cm³/mol. The molecule has 0 aromatic carbocycles. The molecule has 0 aliphatic rings. The van der Waals surface area contributed by atoms with Crippen molar-refractivity contribution in [2.24, 2.45) is 0 Å². The highest BCUT2D eigenvalue weighted by atomic mass is 16.5. The topological polar surface area (TPSA) is 69.6 Å². The fourth-order valence-corrected chi connectivity index (χ4v) is 3.31. The Morgan fingerprint density at radius 3 is 1.93 bits per heavy atom. The molecule has 5 nitrogen and oxygen atoms in total. The third-order valence-corrected chi connectivity index (χ3v) is 4.82. The summed E-state index contributed by atoms with van der Waals surface area (Å²) in [5, 5.41) is 20.9. The van der Waals surface area contributed by atoms with Crippen molar-refractivity contribution >= 4 is 5.97 Å². The fraction of sp³-hybridized carbons (Fsp3) is 0.870. The molecule has 0 amide bonds. The van der Waals surface area contributed by atoms with E-state index in [0.29, 0.717) is 11.0 Å². The van der Waals surface area contributed by atoms with E-state index in [1.54, 1.807) is 6.08 Å². The quantitative estimate of drug-likeness (QED) is 0.204. The van der Waals surface area contributed by atoms with E-state index in [0.717, 1.165) is 19.3 Å². The molecular formula is C23H45NO4. The number of aliphatic hydroxyl groups is 1. The van der Waals surface area contributed by atoms with Crippen LogP contribution in [0.4, 0.5) is 0 Å². The molecule has 0 saturated heterocycles. The van der Waals surface area contributed by atoms with E-state index in [1.807, 2.05) is 21.1 Å². The average molecular weight is 400 g/mol. The van der Waals surface area contributed by atoms with Gasteiger partial charge in [-0.2, -0.15) is 0 Å². The molecule has 5 heteroatoms. The molecule has 166 valence electrons. The second-order valence-electron chi connectivity index (χ2n) is 9.03. The van der Waals surface area contributed by atoms with Gasteiger partial charge in [0, 0.05) is 12.4 Å². The maximum Gasteiger partial charge on any atom is 0.152 e. The number of carbonyl (C=O) groups is 1. The van der Waals surface area contributed by atoms with E-state index in [1.165, 1.54) is 64.0 Å². The third-order valence-electron chi connectivity index (χ3n) is 4.82. The Balaban J connectivity index is 3.75. The van der Waals surface area contributed by atoms with Gasteiger partial charge in [0.25, 0.3) is 0 Å². The first-order valence-corrected chi connectivity index (χ1v) is 11.2. The number of carbonyl (C=O) groups excluding carboxylic acids is 1. The first-order chi connectivity index (χ1) is 13.2. The molecule has 2 unspecified atom stereocenters. The van der Waals surface area contributed by atoms with Gasteiger partial charge < -0.3 is 24.2 Å². The lowest BCUT2D eigenvalue weighted by Crippen LogP contribution is -2.44. The summed E-state index contributed by atoms with van der Waals surface area (Å²) >= 11 is 0.